The Morgan fingerprint density at radius 3 is 2.33 bits per heavy atom. The Bertz CT molecular complexity index is 2970. The van der Waals surface area contributed by atoms with E-state index in [2.05, 4.69) is 10.6 Å². The Morgan fingerprint density at radius 2 is 1.69 bits per heavy atom. The predicted molar refractivity (Wildman–Crippen MR) is 332 cm³/mol. The number of nitrogens with two attached hydrogens (primary N) is 1. The van der Waals surface area contributed by atoms with E-state index in [1.807, 2.05) is 26.8 Å². The number of allylic oxidation sites excluding steroid dienone is 3. The molecular formula is C65H90Cl2FN5O16. The van der Waals surface area contributed by atoms with Crippen molar-refractivity contribution < 1.29 is 81.1 Å². The standard InChI is InChI=1S/C65H90Cl2FN5O16/c1-13-41(14-2)62(81)86-25-17-15-16-21-43(74)31-44(36(3)4)59(78)71-48(22-19-24-70-63(69)82)50(75)30-42-29-46(66)45(32-47(42)68)60(79)72(9)39(7)61(80)88-54-33-55(76)73(10)49-27-40(28-51(84-11)57(49)67)26-37(5)20-18-23-53(85-12)65(83)34-52(87-56(77)35-65)38(6)58-64(54,8)89-58/h18,20,23,27-29,32,36,38-39,41,44,48,52-54,58,83H,13-17,19,21-22,24-26,30-31,33-35H2,1-12H3,(H,71,78)(H3,69,70,82)/b23-18+,37-20+/t38-,39+,44+,48+,52+,53-,54+,58+,64+,65-/m1/s1. The molecule has 21 nitrogen and oxygen atoms in total. The summed E-state index contributed by atoms with van der Waals surface area (Å²) in [6.45, 7) is 14.3. The van der Waals surface area contributed by atoms with Crippen molar-refractivity contribution in [1.82, 2.24) is 15.5 Å². The van der Waals surface area contributed by atoms with Crippen LogP contribution in [0.25, 0.3) is 0 Å². The molecule has 3 heterocycles. The number of aliphatic hydroxyl groups is 1. The van der Waals surface area contributed by atoms with E-state index in [9.17, 15) is 48.3 Å². The van der Waals surface area contributed by atoms with Gasteiger partial charge in [0.25, 0.3) is 5.91 Å². The number of Topliss-reactive ketones (excluding diaryl/α,β-unsaturated/α-hetero) is 2. The molecule has 5 rings (SSSR count). The van der Waals surface area contributed by atoms with E-state index >= 15 is 4.39 Å². The zero-order chi connectivity index (χ0) is 66.2. The van der Waals surface area contributed by atoms with Gasteiger partial charge in [-0.2, -0.15) is 0 Å². The molecule has 2 saturated heterocycles. The number of hydrogen-bond donors (Lipinski definition) is 4. The van der Waals surface area contributed by atoms with Crippen molar-refractivity contribution in [3.05, 3.63) is 80.6 Å². The van der Waals surface area contributed by atoms with Crippen molar-refractivity contribution in [2.75, 3.05) is 46.4 Å². The quantitative estimate of drug-likeness (QED) is 0.0281. The molecule has 2 fully saturated rings. The summed E-state index contributed by atoms with van der Waals surface area (Å²) in [5.74, 6) is -7.40. The summed E-state index contributed by atoms with van der Waals surface area (Å²) in [5.41, 5.74) is 3.45. The summed E-state index contributed by atoms with van der Waals surface area (Å²) < 4.78 is 51.3. The van der Waals surface area contributed by atoms with Crippen molar-refractivity contribution >= 4 is 82.1 Å². The maximum atomic E-state index is 16.3. The minimum Gasteiger partial charge on any atom is -0.495 e. The largest absolute Gasteiger partial charge is 0.495 e. The number of urea groups is 1. The molecule has 0 aromatic heterocycles. The minimum atomic E-state index is -1.69. The lowest BCUT2D eigenvalue weighted by molar-refractivity contribution is -0.187. The first-order valence-electron chi connectivity index (χ1n) is 30.5. The third-order valence-corrected chi connectivity index (χ3v) is 18.1. The fraction of sp³-hybridized carbons (Fsp3) is 0.615. The van der Waals surface area contributed by atoms with Crippen LogP contribution < -0.4 is 26.0 Å². The molecule has 0 unspecified atom stereocenters. The molecule has 2 aromatic rings. The SMILES string of the molecule is CCC(CC)C(=O)OCCCCCC(=O)C[C@H](C(=O)N[C@@H](CCCNC(N)=O)C(=O)Cc1cc(Cl)c(C(=O)N(C)[C@@H](C)C(=O)O[C@H]2CC(=O)N(C)c3cc(cc(OC)c3Cl)C/C(C)=C/C=C/[C@@H](OC)[C@]3(O)CC(=O)O[C@@H](C3)[C@@H](C)[C@@H]3O[C@@]23C)cc1F)C(C)C. The predicted octanol–water partition coefficient (Wildman–Crippen LogP) is 8.69. The second-order valence-electron chi connectivity index (χ2n) is 24.3. The number of amides is 5. The third kappa shape index (κ3) is 19.5. The highest BCUT2D eigenvalue weighted by Crippen LogP contribution is 2.50. The number of carbonyl (C=O) groups is 9. The van der Waals surface area contributed by atoms with Gasteiger partial charge in [0.05, 0.1) is 60.9 Å². The summed E-state index contributed by atoms with van der Waals surface area (Å²) >= 11 is 13.5. The molecule has 89 heavy (non-hydrogen) atoms. The number of ketones is 2. The third-order valence-electron chi connectivity index (χ3n) is 17.4. The fourth-order valence-corrected chi connectivity index (χ4v) is 12.0. The lowest BCUT2D eigenvalue weighted by Gasteiger charge is -2.41. The van der Waals surface area contributed by atoms with Gasteiger partial charge in [0, 0.05) is 65.3 Å². The maximum Gasteiger partial charge on any atom is 0.328 e. The van der Waals surface area contributed by atoms with Gasteiger partial charge in [-0.3, -0.25) is 33.6 Å². The van der Waals surface area contributed by atoms with Gasteiger partial charge in [-0.15, -0.1) is 0 Å². The van der Waals surface area contributed by atoms with Crippen molar-refractivity contribution in [2.45, 2.75) is 193 Å². The number of epoxide rings is 1. The van der Waals surface area contributed by atoms with E-state index < -0.39 is 120 Å². The lowest BCUT2D eigenvalue weighted by Crippen LogP contribution is -2.53. The number of primary amides is 1. The number of rotatable bonds is 27. The fourth-order valence-electron chi connectivity index (χ4n) is 11.4. The minimum absolute atomic E-state index is 0.00439. The van der Waals surface area contributed by atoms with Crippen LogP contribution in [-0.2, 0) is 70.1 Å². The molecule has 2 aromatic carbocycles. The Labute approximate surface area is 531 Å². The highest BCUT2D eigenvalue weighted by molar-refractivity contribution is 6.35. The number of nitrogens with one attached hydrogen (secondary N) is 2. The summed E-state index contributed by atoms with van der Waals surface area (Å²) in [5, 5.41) is 17.1. The molecule has 5 amide bonds. The maximum absolute atomic E-state index is 16.3. The Hall–Kier alpha value is -6.46. The number of anilines is 1. The van der Waals surface area contributed by atoms with Crippen LogP contribution in [0.15, 0.2) is 48.1 Å². The first-order valence-corrected chi connectivity index (χ1v) is 31.3. The van der Waals surface area contributed by atoms with Crippen molar-refractivity contribution in [3.8, 4) is 5.75 Å². The number of ether oxygens (including phenoxy) is 6. The second kappa shape index (κ2) is 33.0. The van der Waals surface area contributed by atoms with Crippen LogP contribution in [0.4, 0.5) is 14.9 Å². The van der Waals surface area contributed by atoms with Gasteiger partial charge in [-0.25, -0.2) is 14.0 Å². The zero-order valence-electron chi connectivity index (χ0n) is 53.3. The van der Waals surface area contributed by atoms with Gasteiger partial charge < -0.3 is 59.7 Å². The topological polar surface area (TPSA) is 289 Å². The van der Waals surface area contributed by atoms with Crippen LogP contribution in [0.5, 0.6) is 5.75 Å². The van der Waals surface area contributed by atoms with E-state index in [0.29, 0.717) is 50.0 Å². The van der Waals surface area contributed by atoms with Crippen LogP contribution in [-0.4, -0.2) is 152 Å². The number of nitrogens with zero attached hydrogens (tertiary/aromatic N) is 2. The molecular weight excluding hydrogens is 1200 g/mol. The molecule has 24 heteroatoms. The molecule has 492 valence electrons. The smallest absolute Gasteiger partial charge is 0.328 e. The van der Waals surface area contributed by atoms with Gasteiger partial charge in [0.2, 0.25) is 11.8 Å². The Morgan fingerprint density at radius 1 is 0.989 bits per heavy atom. The Balaban J connectivity index is 1.34. The monoisotopic (exact) mass is 1290 g/mol. The molecule has 0 aliphatic carbocycles. The van der Waals surface area contributed by atoms with E-state index in [1.54, 1.807) is 52.0 Å². The van der Waals surface area contributed by atoms with Gasteiger partial charge in [0.15, 0.2) is 5.78 Å². The first-order chi connectivity index (χ1) is 41.9. The van der Waals surface area contributed by atoms with Crippen LogP contribution in [0.2, 0.25) is 10.0 Å². The van der Waals surface area contributed by atoms with Crippen molar-refractivity contribution in [1.29, 1.82) is 0 Å². The van der Waals surface area contributed by atoms with E-state index in [0.717, 1.165) is 28.2 Å². The number of benzene rings is 2. The van der Waals surface area contributed by atoms with Crippen LogP contribution in [0, 0.1) is 29.5 Å². The summed E-state index contributed by atoms with van der Waals surface area (Å²) in [4.78, 5) is 124. The lowest BCUT2D eigenvalue weighted by atomic mass is 9.78. The van der Waals surface area contributed by atoms with Gasteiger partial charge >= 0.3 is 23.9 Å². The molecule has 5 N–H and O–H groups in total. The normalized spacial score (nSPS) is 24.0. The molecule has 0 radical (unpaired) electrons. The number of fused-ring (bicyclic) bond motifs is 5. The average molecular weight is 1290 g/mol. The highest BCUT2D eigenvalue weighted by Gasteiger charge is 2.64. The number of unbranched alkanes of at least 4 members (excludes halogenated alkanes) is 2. The van der Waals surface area contributed by atoms with Crippen molar-refractivity contribution in [3.63, 3.8) is 0 Å². The molecule has 10 atom stereocenters. The number of esters is 3. The summed E-state index contributed by atoms with van der Waals surface area (Å²) in [7, 11) is 5.64. The number of likely N-dealkylation sites (N-methyl/N-ethyl adjacent to an activating group) is 1. The van der Waals surface area contributed by atoms with Gasteiger partial charge in [-0.05, 0) is 113 Å². The van der Waals surface area contributed by atoms with E-state index in [4.69, 9.17) is 57.4 Å². The molecule has 0 saturated carbocycles. The van der Waals surface area contributed by atoms with Crippen LogP contribution in [0.3, 0.4) is 0 Å². The van der Waals surface area contributed by atoms with E-state index in [1.165, 1.54) is 40.1 Å². The second-order valence-corrected chi connectivity index (χ2v) is 25.1. The van der Waals surface area contributed by atoms with Gasteiger partial charge in [-0.1, -0.05) is 81.6 Å². The molecule has 3 aliphatic heterocycles. The van der Waals surface area contributed by atoms with Crippen LogP contribution in [0.1, 0.15) is 154 Å². The van der Waals surface area contributed by atoms with Crippen LogP contribution >= 0.6 is 23.2 Å². The van der Waals surface area contributed by atoms with E-state index in [-0.39, 0.29) is 96.4 Å². The summed E-state index contributed by atoms with van der Waals surface area (Å²) in [6.07, 6.45) is 3.50. The number of methoxy groups -OCH3 is 2. The Kier molecular flexibility index (Phi) is 27.2. The number of hydrogen-bond acceptors (Lipinski definition) is 16. The molecule has 4 bridgehead atoms. The molecule has 0 spiro atoms. The van der Waals surface area contributed by atoms with Crippen molar-refractivity contribution in [2.24, 2.45) is 29.4 Å². The highest BCUT2D eigenvalue weighted by atomic mass is 35.5. The first kappa shape index (κ1) is 73.3. The average Bonchev–Trinajstić information content (AvgIpc) is 1.59. The zero-order valence-corrected chi connectivity index (χ0v) is 54.8. The number of carbonyl (C=O) groups excluding carboxylic acids is 9. The van der Waals surface area contributed by atoms with Gasteiger partial charge in [0.1, 0.15) is 57.9 Å². The number of halogens is 3. The molecule has 3 aliphatic rings. The summed E-state index contributed by atoms with van der Waals surface area (Å²) in [6, 6.07) is 1.98.